The lowest BCUT2D eigenvalue weighted by Crippen LogP contribution is -2.50. The Kier molecular flexibility index (Phi) is 6.22. The van der Waals surface area contributed by atoms with Crippen LogP contribution in [-0.2, 0) is 0 Å². The Morgan fingerprint density at radius 3 is 2.73 bits per heavy atom. The number of hydrogen-bond acceptors (Lipinski definition) is 3. The highest BCUT2D eigenvalue weighted by atomic mass is 15.3. The molecule has 1 atom stereocenters. The molecule has 1 aliphatic heterocycles. The second-order valence-electron chi connectivity index (χ2n) is 4.75. The van der Waals surface area contributed by atoms with E-state index in [1.807, 2.05) is 0 Å². The zero-order chi connectivity index (χ0) is 11.1. The van der Waals surface area contributed by atoms with Crippen LogP contribution in [0.25, 0.3) is 0 Å². The molecule has 0 aromatic heterocycles. The summed E-state index contributed by atoms with van der Waals surface area (Å²) in [4.78, 5) is 5.05. The number of hydrogen-bond donors (Lipinski definition) is 1. The van der Waals surface area contributed by atoms with E-state index in [0.717, 1.165) is 12.6 Å². The Hall–Kier alpha value is -0.120. The van der Waals surface area contributed by atoms with E-state index in [1.165, 1.54) is 45.6 Å². The van der Waals surface area contributed by atoms with Crippen LogP contribution < -0.4 is 5.32 Å². The van der Waals surface area contributed by atoms with Gasteiger partial charge < -0.3 is 10.2 Å². The Labute approximate surface area is 94.8 Å². The molecule has 3 nitrogen and oxygen atoms in total. The molecule has 0 aromatic carbocycles. The van der Waals surface area contributed by atoms with E-state index < -0.39 is 0 Å². The highest BCUT2D eigenvalue weighted by Crippen LogP contribution is 2.07. The molecule has 0 amide bonds. The monoisotopic (exact) mass is 213 g/mol. The fourth-order valence-corrected chi connectivity index (χ4v) is 2.22. The van der Waals surface area contributed by atoms with E-state index in [0.29, 0.717) is 0 Å². The minimum Gasteiger partial charge on any atom is -0.317 e. The number of nitrogens with zero attached hydrogens (tertiary/aromatic N) is 2. The van der Waals surface area contributed by atoms with E-state index in [-0.39, 0.29) is 0 Å². The first-order valence-electron chi connectivity index (χ1n) is 6.37. The topological polar surface area (TPSA) is 18.5 Å². The van der Waals surface area contributed by atoms with Crippen molar-refractivity contribution in [1.29, 1.82) is 0 Å². The molecule has 0 saturated carbocycles. The Balaban J connectivity index is 2.05. The Bertz CT molecular complexity index is 161. The second kappa shape index (κ2) is 7.20. The molecule has 0 aliphatic carbocycles. The smallest absolute Gasteiger partial charge is 0.0195 e. The molecular weight excluding hydrogens is 186 g/mol. The molecule has 1 unspecified atom stereocenters. The van der Waals surface area contributed by atoms with Crippen LogP contribution in [0.3, 0.4) is 0 Å². The van der Waals surface area contributed by atoms with Crippen LogP contribution in [0.2, 0.25) is 0 Å². The number of likely N-dealkylation sites (N-methyl/N-ethyl adjacent to an activating group) is 1. The van der Waals surface area contributed by atoms with Crippen LogP contribution in [0.1, 0.15) is 26.7 Å². The molecule has 1 fully saturated rings. The van der Waals surface area contributed by atoms with Crippen molar-refractivity contribution in [3.63, 3.8) is 0 Å². The fraction of sp³-hybridized carbons (Fsp3) is 1.00. The maximum absolute atomic E-state index is 3.46. The zero-order valence-corrected chi connectivity index (χ0v) is 10.6. The third kappa shape index (κ3) is 4.96. The van der Waals surface area contributed by atoms with Crippen LogP contribution in [0, 0.1) is 0 Å². The molecule has 0 radical (unpaired) electrons. The van der Waals surface area contributed by atoms with E-state index in [2.05, 4.69) is 36.0 Å². The van der Waals surface area contributed by atoms with Gasteiger partial charge in [0.25, 0.3) is 0 Å². The highest BCUT2D eigenvalue weighted by molar-refractivity contribution is 4.77. The van der Waals surface area contributed by atoms with Crippen molar-refractivity contribution < 1.29 is 0 Å². The third-order valence-electron chi connectivity index (χ3n) is 3.19. The van der Waals surface area contributed by atoms with Crippen LogP contribution in [0.4, 0.5) is 0 Å². The van der Waals surface area contributed by atoms with Gasteiger partial charge >= 0.3 is 0 Å². The van der Waals surface area contributed by atoms with Crippen molar-refractivity contribution in [3.8, 4) is 0 Å². The highest BCUT2D eigenvalue weighted by Gasteiger charge is 2.20. The maximum atomic E-state index is 3.46. The first-order chi connectivity index (χ1) is 7.24. The van der Waals surface area contributed by atoms with Gasteiger partial charge in [-0.05, 0) is 46.4 Å². The van der Waals surface area contributed by atoms with Gasteiger partial charge in [-0.1, -0.05) is 6.92 Å². The SMILES string of the molecule is CCCNCCCN1CCN(C)CC1C. The van der Waals surface area contributed by atoms with Gasteiger partial charge in [-0.15, -0.1) is 0 Å². The lowest BCUT2D eigenvalue weighted by atomic mass is 10.2. The molecule has 3 heteroatoms. The second-order valence-corrected chi connectivity index (χ2v) is 4.75. The summed E-state index contributed by atoms with van der Waals surface area (Å²) >= 11 is 0. The molecule has 15 heavy (non-hydrogen) atoms. The molecule has 90 valence electrons. The summed E-state index contributed by atoms with van der Waals surface area (Å²) < 4.78 is 0. The average Bonchev–Trinajstić information content (AvgIpc) is 2.20. The van der Waals surface area contributed by atoms with Crippen molar-refractivity contribution in [2.45, 2.75) is 32.7 Å². The summed E-state index contributed by atoms with van der Waals surface area (Å²) in [5.74, 6) is 0. The van der Waals surface area contributed by atoms with E-state index >= 15 is 0 Å². The summed E-state index contributed by atoms with van der Waals surface area (Å²) in [6, 6.07) is 0.731. The van der Waals surface area contributed by atoms with Crippen molar-refractivity contribution in [2.75, 3.05) is 46.3 Å². The molecule has 0 bridgehead atoms. The van der Waals surface area contributed by atoms with Crippen LogP contribution in [0.5, 0.6) is 0 Å². The molecule has 1 saturated heterocycles. The Morgan fingerprint density at radius 2 is 2.07 bits per heavy atom. The predicted octanol–water partition coefficient (Wildman–Crippen LogP) is 1.01. The van der Waals surface area contributed by atoms with Gasteiger partial charge in [0, 0.05) is 25.7 Å². The molecule has 1 rings (SSSR count). The van der Waals surface area contributed by atoms with Gasteiger partial charge in [0.2, 0.25) is 0 Å². The fourth-order valence-electron chi connectivity index (χ4n) is 2.22. The summed E-state index contributed by atoms with van der Waals surface area (Å²) in [5, 5.41) is 3.46. The standard InChI is InChI=1S/C12H27N3/c1-4-6-13-7-5-8-15-10-9-14(3)11-12(15)2/h12-13H,4-11H2,1-3H3. The minimum atomic E-state index is 0.731. The van der Waals surface area contributed by atoms with Gasteiger partial charge in [0.15, 0.2) is 0 Å². The summed E-state index contributed by atoms with van der Waals surface area (Å²) in [7, 11) is 2.22. The van der Waals surface area contributed by atoms with Gasteiger partial charge in [-0.25, -0.2) is 0 Å². The van der Waals surface area contributed by atoms with Crippen LogP contribution in [-0.4, -0.2) is 62.2 Å². The van der Waals surface area contributed by atoms with Crippen molar-refractivity contribution in [2.24, 2.45) is 0 Å². The largest absolute Gasteiger partial charge is 0.317 e. The molecule has 1 heterocycles. The van der Waals surface area contributed by atoms with E-state index in [4.69, 9.17) is 0 Å². The first-order valence-corrected chi connectivity index (χ1v) is 6.37. The number of piperazine rings is 1. The molecule has 0 aromatic rings. The van der Waals surface area contributed by atoms with Crippen molar-refractivity contribution >= 4 is 0 Å². The maximum Gasteiger partial charge on any atom is 0.0195 e. The lowest BCUT2D eigenvalue weighted by Gasteiger charge is -2.38. The van der Waals surface area contributed by atoms with Gasteiger partial charge in [0.05, 0.1) is 0 Å². The average molecular weight is 213 g/mol. The minimum absolute atomic E-state index is 0.731. The third-order valence-corrected chi connectivity index (χ3v) is 3.19. The lowest BCUT2D eigenvalue weighted by molar-refractivity contribution is 0.0991. The predicted molar refractivity (Wildman–Crippen MR) is 66.3 cm³/mol. The number of rotatable bonds is 6. The molecule has 0 spiro atoms. The summed E-state index contributed by atoms with van der Waals surface area (Å²) in [6.45, 7) is 11.8. The molecule has 1 aliphatic rings. The van der Waals surface area contributed by atoms with Gasteiger partial charge in [-0.3, -0.25) is 4.90 Å². The van der Waals surface area contributed by atoms with Gasteiger partial charge in [-0.2, -0.15) is 0 Å². The first kappa shape index (κ1) is 12.9. The van der Waals surface area contributed by atoms with Crippen molar-refractivity contribution in [1.82, 2.24) is 15.1 Å². The van der Waals surface area contributed by atoms with Crippen LogP contribution >= 0.6 is 0 Å². The Morgan fingerprint density at radius 1 is 1.27 bits per heavy atom. The van der Waals surface area contributed by atoms with Crippen LogP contribution in [0.15, 0.2) is 0 Å². The van der Waals surface area contributed by atoms with E-state index in [9.17, 15) is 0 Å². The van der Waals surface area contributed by atoms with Gasteiger partial charge in [0.1, 0.15) is 0 Å². The van der Waals surface area contributed by atoms with Crippen molar-refractivity contribution in [3.05, 3.63) is 0 Å². The zero-order valence-electron chi connectivity index (χ0n) is 10.6. The normalized spacial score (nSPS) is 24.6. The van der Waals surface area contributed by atoms with E-state index in [1.54, 1.807) is 0 Å². The summed E-state index contributed by atoms with van der Waals surface area (Å²) in [6.07, 6.45) is 2.53. The summed E-state index contributed by atoms with van der Waals surface area (Å²) in [5.41, 5.74) is 0. The molecule has 1 N–H and O–H groups in total. The number of nitrogens with one attached hydrogen (secondary N) is 1. The quantitative estimate of drug-likeness (QED) is 0.664. The molecular formula is C12H27N3.